The number of fused-ring (bicyclic) bond motifs is 1. The van der Waals surface area contributed by atoms with Gasteiger partial charge in [-0.3, -0.25) is 9.59 Å². The number of aryl methyl sites for hydroxylation is 1. The van der Waals surface area contributed by atoms with Crippen molar-refractivity contribution in [3.63, 3.8) is 0 Å². The molecule has 2 aromatic rings. The van der Waals surface area contributed by atoms with Crippen LogP contribution in [0.3, 0.4) is 0 Å². The molecule has 0 N–H and O–H groups in total. The zero-order valence-electron chi connectivity index (χ0n) is 13.5. The molecule has 3 heterocycles. The number of hydrogen-bond acceptors (Lipinski definition) is 4. The number of hydrogen-bond donors (Lipinski definition) is 0. The Morgan fingerprint density at radius 2 is 2.00 bits per heavy atom. The first kappa shape index (κ1) is 14.8. The van der Waals surface area contributed by atoms with E-state index in [0.717, 1.165) is 22.5 Å². The zero-order chi connectivity index (χ0) is 16.7. The van der Waals surface area contributed by atoms with Crippen LogP contribution < -0.4 is 4.90 Å². The molecule has 2 amide bonds. The van der Waals surface area contributed by atoms with Crippen molar-refractivity contribution < 1.29 is 9.59 Å². The van der Waals surface area contributed by atoms with E-state index in [9.17, 15) is 9.59 Å². The summed E-state index contributed by atoms with van der Waals surface area (Å²) in [5.41, 5.74) is 3.90. The smallest absolute Gasteiger partial charge is 0.228 e. The molecule has 0 aliphatic carbocycles. The fraction of sp³-hybridized carbons (Fsp3) is 0.333. The number of carbonyl (C=O) groups excluding carboxylic acids is 2. The highest BCUT2D eigenvalue weighted by atomic mass is 16.2. The number of benzene rings is 1. The Bertz CT molecular complexity index is 778. The van der Waals surface area contributed by atoms with Gasteiger partial charge in [-0.1, -0.05) is 17.7 Å². The highest BCUT2D eigenvalue weighted by molar-refractivity contribution is 6.00. The standard InChI is InChI=1S/C18H18N4O2/c1-12-2-4-15(5-3-12)22-9-13(6-17(22)23)18(24)21-8-14-7-19-11-20-16(14)10-21/h2-5,7,11,13H,6,8-10H2,1H3. The van der Waals surface area contributed by atoms with Gasteiger partial charge in [-0.15, -0.1) is 0 Å². The van der Waals surface area contributed by atoms with Gasteiger partial charge in [0.2, 0.25) is 11.8 Å². The molecule has 24 heavy (non-hydrogen) atoms. The predicted molar refractivity (Wildman–Crippen MR) is 87.9 cm³/mol. The van der Waals surface area contributed by atoms with Crippen molar-refractivity contribution in [1.82, 2.24) is 14.9 Å². The Labute approximate surface area is 140 Å². The summed E-state index contributed by atoms with van der Waals surface area (Å²) in [6.45, 7) is 3.49. The molecule has 2 aliphatic rings. The first-order valence-electron chi connectivity index (χ1n) is 8.05. The number of anilines is 1. The quantitative estimate of drug-likeness (QED) is 0.844. The maximum atomic E-state index is 12.8. The summed E-state index contributed by atoms with van der Waals surface area (Å²) >= 11 is 0. The summed E-state index contributed by atoms with van der Waals surface area (Å²) in [6, 6.07) is 7.82. The van der Waals surface area contributed by atoms with Crippen LogP contribution in [-0.4, -0.2) is 33.2 Å². The lowest BCUT2D eigenvalue weighted by Crippen LogP contribution is -2.34. The van der Waals surface area contributed by atoms with Crippen LogP contribution in [0.4, 0.5) is 5.69 Å². The number of carbonyl (C=O) groups is 2. The predicted octanol–water partition coefficient (Wildman–Crippen LogP) is 1.68. The number of aromatic nitrogens is 2. The van der Waals surface area contributed by atoms with Crippen molar-refractivity contribution in [2.75, 3.05) is 11.4 Å². The molecule has 1 unspecified atom stereocenters. The van der Waals surface area contributed by atoms with E-state index in [1.165, 1.54) is 6.33 Å². The van der Waals surface area contributed by atoms with E-state index in [4.69, 9.17) is 0 Å². The van der Waals surface area contributed by atoms with Crippen molar-refractivity contribution >= 4 is 17.5 Å². The van der Waals surface area contributed by atoms with Crippen molar-refractivity contribution in [1.29, 1.82) is 0 Å². The minimum atomic E-state index is -0.291. The molecule has 2 aliphatic heterocycles. The molecule has 0 bridgehead atoms. The molecule has 6 heteroatoms. The van der Waals surface area contributed by atoms with Crippen LogP contribution in [0.25, 0.3) is 0 Å². The fourth-order valence-electron chi connectivity index (χ4n) is 3.36. The van der Waals surface area contributed by atoms with Crippen molar-refractivity contribution in [2.45, 2.75) is 26.4 Å². The van der Waals surface area contributed by atoms with Crippen LogP contribution in [0.1, 0.15) is 23.2 Å². The Balaban J connectivity index is 1.47. The molecule has 0 radical (unpaired) electrons. The van der Waals surface area contributed by atoms with Crippen LogP contribution >= 0.6 is 0 Å². The number of amides is 2. The van der Waals surface area contributed by atoms with Gasteiger partial charge in [0.05, 0.1) is 18.2 Å². The van der Waals surface area contributed by atoms with Crippen LogP contribution in [0.2, 0.25) is 0 Å². The molecule has 1 fully saturated rings. The normalized spacial score (nSPS) is 19.7. The molecule has 1 aromatic carbocycles. The number of rotatable bonds is 2. The van der Waals surface area contributed by atoms with Crippen molar-refractivity contribution in [3.05, 3.63) is 53.6 Å². The molecule has 6 nitrogen and oxygen atoms in total. The van der Waals surface area contributed by atoms with E-state index in [0.29, 0.717) is 19.6 Å². The van der Waals surface area contributed by atoms with Crippen LogP contribution in [0.15, 0.2) is 36.8 Å². The molecule has 4 rings (SSSR count). The van der Waals surface area contributed by atoms with Crippen LogP contribution in [-0.2, 0) is 22.7 Å². The average molecular weight is 322 g/mol. The van der Waals surface area contributed by atoms with Gasteiger partial charge in [0.15, 0.2) is 0 Å². The summed E-state index contributed by atoms with van der Waals surface area (Å²) in [5.74, 6) is -0.259. The van der Waals surface area contributed by atoms with Crippen molar-refractivity contribution in [3.8, 4) is 0 Å². The summed E-state index contributed by atoms with van der Waals surface area (Å²) in [5, 5.41) is 0. The lowest BCUT2D eigenvalue weighted by molar-refractivity contribution is -0.136. The van der Waals surface area contributed by atoms with Gasteiger partial charge < -0.3 is 9.80 Å². The second-order valence-corrected chi connectivity index (χ2v) is 6.43. The molecule has 122 valence electrons. The Kier molecular flexibility index (Phi) is 3.52. The van der Waals surface area contributed by atoms with Gasteiger partial charge in [-0.25, -0.2) is 9.97 Å². The highest BCUT2D eigenvalue weighted by Crippen LogP contribution is 2.29. The van der Waals surface area contributed by atoms with Gasteiger partial charge in [0.1, 0.15) is 6.33 Å². The third kappa shape index (κ3) is 2.54. The monoisotopic (exact) mass is 322 g/mol. The second-order valence-electron chi connectivity index (χ2n) is 6.43. The van der Waals surface area contributed by atoms with Gasteiger partial charge in [0.25, 0.3) is 0 Å². The Hall–Kier alpha value is -2.76. The lowest BCUT2D eigenvalue weighted by atomic mass is 10.1. The summed E-state index contributed by atoms with van der Waals surface area (Å²) in [7, 11) is 0. The SMILES string of the molecule is Cc1ccc(N2CC(C(=O)N3Cc4cncnc4C3)CC2=O)cc1. The van der Waals surface area contributed by atoms with Gasteiger partial charge in [0, 0.05) is 37.0 Å². The van der Waals surface area contributed by atoms with E-state index in [1.807, 2.05) is 31.2 Å². The van der Waals surface area contributed by atoms with Gasteiger partial charge in [-0.05, 0) is 19.1 Å². The summed E-state index contributed by atoms with van der Waals surface area (Å²) in [4.78, 5) is 36.8. The third-order valence-electron chi connectivity index (χ3n) is 4.71. The van der Waals surface area contributed by atoms with Crippen molar-refractivity contribution in [2.24, 2.45) is 5.92 Å². The highest BCUT2D eigenvalue weighted by Gasteiger charge is 2.38. The summed E-state index contributed by atoms with van der Waals surface area (Å²) < 4.78 is 0. The molecule has 1 aromatic heterocycles. The minimum absolute atomic E-state index is 0.00806. The Morgan fingerprint density at radius 3 is 2.75 bits per heavy atom. The topological polar surface area (TPSA) is 66.4 Å². The van der Waals surface area contributed by atoms with E-state index >= 15 is 0 Å². The minimum Gasteiger partial charge on any atom is -0.332 e. The fourth-order valence-corrected chi connectivity index (χ4v) is 3.36. The third-order valence-corrected chi connectivity index (χ3v) is 4.71. The first-order chi connectivity index (χ1) is 11.6. The van der Waals surface area contributed by atoms with Crippen LogP contribution in [0, 0.1) is 12.8 Å². The molecule has 1 atom stereocenters. The molecule has 0 saturated carbocycles. The summed E-state index contributed by atoms with van der Waals surface area (Å²) in [6.07, 6.45) is 3.53. The maximum Gasteiger partial charge on any atom is 0.228 e. The van der Waals surface area contributed by atoms with E-state index in [-0.39, 0.29) is 24.2 Å². The Morgan fingerprint density at radius 1 is 1.21 bits per heavy atom. The number of nitrogens with zero attached hydrogens (tertiary/aromatic N) is 4. The largest absolute Gasteiger partial charge is 0.332 e. The zero-order valence-corrected chi connectivity index (χ0v) is 13.5. The van der Waals surface area contributed by atoms with Crippen LogP contribution in [0.5, 0.6) is 0 Å². The molecule has 1 saturated heterocycles. The molecular formula is C18H18N4O2. The van der Waals surface area contributed by atoms with E-state index in [1.54, 1.807) is 16.0 Å². The van der Waals surface area contributed by atoms with E-state index in [2.05, 4.69) is 9.97 Å². The second kappa shape index (κ2) is 5.70. The first-order valence-corrected chi connectivity index (χ1v) is 8.05. The average Bonchev–Trinajstić information content (AvgIpc) is 3.18. The van der Waals surface area contributed by atoms with Gasteiger partial charge >= 0.3 is 0 Å². The maximum absolute atomic E-state index is 12.8. The molecular weight excluding hydrogens is 304 g/mol. The van der Waals surface area contributed by atoms with E-state index < -0.39 is 0 Å². The molecule has 0 spiro atoms. The lowest BCUT2D eigenvalue weighted by Gasteiger charge is -2.20. The van der Waals surface area contributed by atoms with Gasteiger partial charge in [-0.2, -0.15) is 0 Å².